The van der Waals surface area contributed by atoms with Gasteiger partial charge in [-0.3, -0.25) is 0 Å². The monoisotopic (exact) mass is 441 g/mol. The van der Waals surface area contributed by atoms with Crippen molar-refractivity contribution in [2.24, 2.45) is 0 Å². The second-order valence-electron chi connectivity index (χ2n) is 10.2. The van der Waals surface area contributed by atoms with E-state index in [-0.39, 0.29) is 0 Å². The lowest BCUT2D eigenvalue weighted by molar-refractivity contribution is 0.495. The van der Waals surface area contributed by atoms with Crippen molar-refractivity contribution >= 4 is 22.6 Å². The van der Waals surface area contributed by atoms with E-state index < -0.39 is 0 Å². The normalized spacial score (nSPS) is 18.7. The molecule has 1 atom stereocenters. The van der Waals surface area contributed by atoms with Crippen LogP contribution in [0.3, 0.4) is 0 Å². The fraction of sp³-hybridized carbons (Fsp3) is 0.212. The van der Waals surface area contributed by atoms with Crippen LogP contribution in [-0.2, 0) is 5.41 Å². The molecule has 0 heterocycles. The predicted molar refractivity (Wildman–Crippen MR) is 145 cm³/mol. The third-order valence-corrected chi connectivity index (χ3v) is 7.99. The summed E-state index contributed by atoms with van der Waals surface area (Å²) in [7, 11) is 0. The molecule has 2 aliphatic carbocycles. The Morgan fingerprint density at radius 2 is 1.32 bits per heavy atom. The third-order valence-electron chi connectivity index (χ3n) is 7.99. The molecule has 0 spiro atoms. The molecule has 1 unspecified atom stereocenters. The first-order valence-electron chi connectivity index (χ1n) is 12.4. The molecule has 0 amide bonds. The largest absolute Gasteiger partial charge is 0.310 e. The van der Waals surface area contributed by atoms with Crippen molar-refractivity contribution in [2.45, 2.75) is 45.4 Å². The predicted octanol–water partition coefficient (Wildman–Crippen LogP) is 9.36. The van der Waals surface area contributed by atoms with Gasteiger partial charge in [0.15, 0.2) is 0 Å². The van der Waals surface area contributed by atoms with E-state index in [2.05, 4.69) is 123 Å². The van der Waals surface area contributed by atoms with E-state index in [0.717, 1.165) is 0 Å². The zero-order chi connectivity index (χ0) is 23.3. The summed E-state index contributed by atoms with van der Waals surface area (Å²) in [5.74, 6) is 0. The van der Waals surface area contributed by atoms with E-state index in [1.807, 2.05) is 0 Å². The Balaban J connectivity index is 1.42. The number of aryl methyl sites for hydroxylation is 1. The molecule has 168 valence electrons. The smallest absolute Gasteiger partial charge is 0.0491 e. The lowest BCUT2D eigenvalue weighted by Crippen LogP contribution is -2.21. The first kappa shape index (κ1) is 21.0. The van der Waals surface area contributed by atoms with Crippen molar-refractivity contribution in [3.05, 3.63) is 119 Å². The molecule has 1 saturated carbocycles. The number of rotatable bonds is 4. The fourth-order valence-corrected chi connectivity index (χ4v) is 6.03. The van der Waals surface area contributed by atoms with Crippen LogP contribution in [0, 0.1) is 6.92 Å². The van der Waals surface area contributed by atoms with Gasteiger partial charge in [0, 0.05) is 17.1 Å². The Hall–Kier alpha value is -3.58. The highest BCUT2D eigenvalue weighted by atomic mass is 15.1. The van der Waals surface area contributed by atoms with Gasteiger partial charge in [-0.25, -0.2) is 0 Å². The zero-order valence-electron chi connectivity index (χ0n) is 20.3. The maximum atomic E-state index is 2.47. The van der Waals surface area contributed by atoms with E-state index in [1.54, 1.807) is 11.1 Å². The molecule has 4 aromatic rings. The van der Waals surface area contributed by atoms with Crippen LogP contribution in [0.2, 0.25) is 0 Å². The Kier molecular flexibility index (Phi) is 4.95. The molecule has 2 bridgehead atoms. The number of hydrogen-bond acceptors (Lipinski definition) is 1. The van der Waals surface area contributed by atoms with Gasteiger partial charge in [-0.05, 0) is 114 Å². The van der Waals surface area contributed by atoms with Gasteiger partial charge in [0.25, 0.3) is 0 Å². The van der Waals surface area contributed by atoms with Gasteiger partial charge in [-0.15, -0.1) is 0 Å². The molecular weight excluding hydrogens is 410 g/mol. The molecule has 0 aromatic heterocycles. The standard InChI is InChI=1S/C33H31N/c1-23-20-25(26-14-16-30-24(2)27-18-19-33(3,22-27)31(30)21-26)15-17-32(23)34(28-10-6-4-7-11-28)29-12-8-5-9-13-29/h4-17,20-21H,18-19,22H2,1-3H3. The highest BCUT2D eigenvalue weighted by molar-refractivity contribution is 5.82. The van der Waals surface area contributed by atoms with E-state index in [4.69, 9.17) is 0 Å². The van der Waals surface area contributed by atoms with Crippen molar-refractivity contribution in [3.63, 3.8) is 0 Å². The van der Waals surface area contributed by atoms with E-state index in [0.29, 0.717) is 5.41 Å². The molecule has 4 aromatic carbocycles. The molecule has 34 heavy (non-hydrogen) atoms. The fourth-order valence-electron chi connectivity index (χ4n) is 6.03. The highest BCUT2D eigenvalue weighted by Gasteiger charge is 2.39. The molecule has 0 N–H and O–H groups in total. The van der Waals surface area contributed by atoms with Crippen molar-refractivity contribution in [2.75, 3.05) is 4.90 Å². The van der Waals surface area contributed by atoms with Crippen LogP contribution in [0.25, 0.3) is 16.7 Å². The molecule has 0 aliphatic heterocycles. The zero-order valence-corrected chi connectivity index (χ0v) is 20.3. The summed E-state index contributed by atoms with van der Waals surface area (Å²) >= 11 is 0. The summed E-state index contributed by atoms with van der Waals surface area (Å²) in [6.07, 6.45) is 3.77. The maximum absolute atomic E-state index is 2.47. The number of benzene rings is 4. The van der Waals surface area contributed by atoms with Crippen LogP contribution in [0.4, 0.5) is 17.1 Å². The van der Waals surface area contributed by atoms with E-state index >= 15 is 0 Å². The number of allylic oxidation sites excluding steroid dienone is 2. The summed E-state index contributed by atoms with van der Waals surface area (Å²) in [5, 5.41) is 0. The van der Waals surface area contributed by atoms with Crippen LogP contribution in [0.1, 0.15) is 49.8 Å². The maximum Gasteiger partial charge on any atom is 0.0491 e. The van der Waals surface area contributed by atoms with Crippen molar-refractivity contribution < 1.29 is 0 Å². The minimum absolute atomic E-state index is 0.298. The van der Waals surface area contributed by atoms with Crippen molar-refractivity contribution in [1.29, 1.82) is 0 Å². The van der Waals surface area contributed by atoms with Gasteiger partial charge in [0.05, 0.1) is 0 Å². The second-order valence-corrected chi connectivity index (χ2v) is 10.2. The summed E-state index contributed by atoms with van der Waals surface area (Å²) in [4.78, 5) is 2.35. The molecule has 0 radical (unpaired) electrons. The molecule has 1 fully saturated rings. The Bertz CT molecular complexity index is 1360. The first-order valence-corrected chi connectivity index (χ1v) is 12.4. The average Bonchev–Trinajstić information content (AvgIpc) is 3.25. The van der Waals surface area contributed by atoms with E-state index in [1.165, 1.54) is 64.2 Å². The van der Waals surface area contributed by atoms with Crippen LogP contribution < -0.4 is 4.90 Å². The van der Waals surface area contributed by atoms with Gasteiger partial charge in [-0.2, -0.15) is 0 Å². The summed E-state index contributed by atoms with van der Waals surface area (Å²) in [6.45, 7) is 7.01. The molecule has 0 saturated heterocycles. The second kappa shape index (κ2) is 8.02. The molecule has 6 rings (SSSR count). The Morgan fingerprint density at radius 1 is 0.706 bits per heavy atom. The van der Waals surface area contributed by atoms with Gasteiger partial charge in [0.2, 0.25) is 0 Å². The van der Waals surface area contributed by atoms with Crippen molar-refractivity contribution in [3.8, 4) is 11.1 Å². The number of hydrogen-bond donors (Lipinski definition) is 0. The molecule has 1 nitrogen and oxygen atoms in total. The quantitative estimate of drug-likeness (QED) is 0.305. The minimum atomic E-state index is 0.298. The van der Waals surface area contributed by atoms with Crippen LogP contribution in [0.5, 0.6) is 0 Å². The average molecular weight is 442 g/mol. The number of para-hydroxylation sites is 2. The number of fused-ring (bicyclic) bond motifs is 4. The van der Waals surface area contributed by atoms with Crippen molar-refractivity contribution in [1.82, 2.24) is 0 Å². The van der Waals surface area contributed by atoms with Crippen LogP contribution >= 0.6 is 0 Å². The molecule has 2 aliphatic rings. The SMILES string of the molecule is CC1=C2CCC(C)(C2)c2cc(-c3ccc(N(c4ccccc4)c4ccccc4)c(C)c3)ccc21. The van der Waals surface area contributed by atoms with Crippen LogP contribution in [0.15, 0.2) is 103 Å². The third kappa shape index (κ3) is 3.39. The first-order chi connectivity index (χ1) is 16.5. The highest BCUT2D eigenvalue weighted by Crippen LogP contribution is 2.53. The summed E-state index contributed by atoms with van der Waals surface area (Å²) in [6, 6.07) is 35.4. The number of nitrogens with zero attached hydrogens (tertiary/aromatic N) is 1. The van der Waals surface area contributed by atoms with Gasteiger partial charge < -0.3 is 4.90 Å². The summed E-state index contributed by atoms with van der Waals surface area (Å²) in [5.41, 5.74) is 13.9. The van der Waals surface area contributed by atoms with Gasteiger partial charge >= 0.3 is 0 Å². The van der Waals surface area contributed by atoms with Gasteiger partial charge in [0.1, 0.15) is 0 Å². The minimum Gasteiger partial charge on any atom is -0.310 e. The molecule has 1 heteroatoms. The number of anilines is 3. The summed E-state index contributed by atoms with van der Waals surface area (Å²) < 4.78 is 0. The topological polar surface area (TPSA) is 3.24 Å². The Labute approximate surface area is 203 Å². The molecular formula is C33H31N. The van der Waals surface area contributed by atoms with Gasteiger partial charge in [-0.1, -0.05) is 67.1 Å². The lowest BCUT2D eigenvalue weighted by Gasteiger charge is -2.31. The Morgan fingerprint density at radius 3 is 1.97 bits per heavy atom. The van der Waals surface area contributed by atoms with E-state index in [9.17, 15) is 0 Å². The lowest BCUT2D eigenvalue weighted by atomic mass is 9.73. The van der Waals surface area contributed by atoms with Crippen LogP contribution in [-0.4, -0.2) is 0 Å².